The lowest BCUT2D eigenvalue weighted by Gasteiger charge is -2.31. The van der Waals surface area contributed by atoms with E-state index < -0.39 is 5.97 Å². The summed E-state index contributed by atoms with van der Waals surface area (Å²) in [5.74, 6) is -0.708. The van der Waals surface area contributed by atoms with Gasteiger partial charge in [0, 0.05) is 6.08 Å². The lowest BCUT2D eigenvalue weighted by molar-refractivity contribution is -0.900. The third kappa shape index (κ3) is 5.50. The molecular weight excluding hydrogens is 210 g/mol. The van der Waals surface area contributed by atoms with Gasteiger partial charge in [0.2, 0.25) is 0 Å². The van der Waals surface area contributed by atoms with Crippen molar-refractivity contribution in [1.29, 1.82) is 0 Å². The van der Waals surface area contributed by atoms with Crippen LogP contribution in [0, 0.1) is 0 Å². The first-order chi connectivity index (χ1) is 7.47. The van der Waals surface area contributed by atoms with Crippen molar-refractivity contribution in [2.75, 3.05) is 40.4 Å². The van der Waals surface area contributed by atoms with Gasteiger partial charge in [-0.05, 0) is 6.92 Å². The molecule has 5 heteroatoms. The summed E-state index contributed by atoms with van der Waals surface area (Å²) in [5.41, 5.74) is 0. The summed E-state index contributed by atoms with van der Waals surface area (Å²) in [6.07, 6.45) is 1.12. The first-order valence-electron chi connectivity index (χ1n) is 5.17. The molecule has 0 fully saturated rings. The van der Waals surface area contributed by atoms with Gasteiger partial charge in [-0.25, -0.2) is 9.59 Å². The number of esters is 2. The Hall–Kier alpha value is -1.36. The minimum Gasteiger partial charge on any atom is -0.465 e. The SMILES string of the molecule is C=CC(=O)OCC[N+](C)(CC)CC(=O)OC. The Labute approximate surface area is 96.2 Å². The number of carbonyl (C=O) groups excluding carboxylic acids is 2. The smallest absolute Gasteiger partial charge is 0.361 e. The van der Waals surface area contributed by atoms with E-state index in [1.807, 2.05) is 14.0 Å². The monoisotopic (exact) mass is 230 g/mol. The number of hydrogen-bond donors (Lipinski definition) is 0. The van der Waals surface area contributed by atoms with E-state index in [0.717, 1.165) is 12.6 Å². The third-order valence-corrected chi connectivity index (χ3v) is 2.54. The molecule has 0 aromatic heterocycles. The summed E-state index contributed by atoms with van der Waals surface area (Å²) in [7, 11) is 3.28. The van der Waals surface area contributed by atoms with E-state index in [1.165, 1.54) is 7.11 Å². The predicted molar refractivity (Wildman–Crippen MR) is 59.6 cm³/mol. The highest BCUT2D eigenvalue weighted by Crippen LogP contribution is 2.02. The maximum atomic E-state index is 11.2. The maximum Gasteiger partial charge on any atom is 0.361 e. The van der Waals surface area contributed by atoms with Crippen LogP contribution < -0.4 is 0 Å². The summed E-state index contributed by atoms with van der Waals surface area (Å²) < 4.78 is 9.98. The molecule has 0 N–H and O–H groups in total. The highest BCUT2D eigenvalue weighted by Gasteiger charge is 2.24. The quantitative estimate of drug-likeness (QED) is 0.360. The van der Waals surface area contributed by atoms with Gasteiger partial charge in [0.25, 0.3) is 0 Å². The molecule has 16 heavy (non-hydrogen) atoms. The topological polar surface area (TPSA) is 52.6 Å². The van der Waals surface area contributed by atoms with Crippen LogP contribution in [0.2, 0.25) is 0 Å². The van der Waals surface area contributed by atoms with Gasteiger partial charge in [-0.1, -0.05) is 6.58 Å². The molecule has 0 spiro atoms. The van der Waals surface area contributed by atoms with Crippen LogP contribution in [0.4, 0.5) is 0 Å². The second-order valence-electron chi connectivity index (χ2n) is 3.77. The zero-order valence-electron chi connectivity index (χ0n) is 10.2. The van der Waals surface area contributed by atoms with Crippen molar-refractivity contribution in [3.63, 3.8) is 0 Å². The summed E-state index contributed by atoms with van der Waals surface area (Å²) in [6, 6.07) is 0. The van der Waals surface area contributed by atoms with E-state index in [0.29, 0.717) is 11.0 Å². The zero-order chi connectivity index (χ0) is 12.6. The number of rotatable bonds is 7. The molecule has 0 aliphatic heterocycles. The van der Waals surface area contributed by atoms with Crippen LogP contribution in [0.25, 0.3) is 0 Å². The van der Waals surface area contributed by atoms with Gasteiger partial charge in [0.1, 0.15) is 13.2 Å². The highest BCUT2D eigenvalue weighted by molar-refractivity contribution is 5.81. The number of hydrogen-bond acceptors (Lipinski definition) is 4. The number of nitrogens with zero attached hydrogens (tertiary/aromatic N) is 1. The van der Waals surface area contributed by atoms with Gasteiger partial charge in [-0.15, -0.1) is 0 Å². The molecule has 0 saturated heterocycles. The van der Waals surface area contributed by atoms with Gasteiger partial charge in [0.15, 0.2) is 6.54 Å². The molecule has 5 nitrogen and oxygen atoms in total. The van der Waals surface area contributed by atoms with Crippen molar-refractivity contribution in [3.8, 4) is 0 Å². The van der Waals surface area contributed by atoms with Crippen molar-refractivity contribution in [2.45, 2.75) is 6.92 Å². The van der Waals surface area contributed by atoms with Gasteiger partial charge in [-0.2, -0.15) is 0 Å². The average Bonchev–Trinajstić information content (AvgIpc) is 2.28. The first kappa shape index (κ1) is 14.6. The van der Waals surface area contributed by atoms with Crippen molar-refractivity contribution in [3.05, 3.63) is 12.7 Å². The van der Waals surface area contributed by atoms with E-state index in [1.54, 1.807) is 0 Å². The highest BCUT2D eigenvalue weighted by atomic mass is 16.5. The minimum atomic E-state index is -0.444. The molecule has 0 amide bonds. The number of quaternary nitrogens is 1. The Bertz CT molecular complexity index is 265. The van der Waals surface area contributed by atoms with Gasteiger partial charge < -0.3 is 14.0 Å². The molecule has 0 rings (SSSR count). The van der Waals surface area contributed by atoms with E-state index >= 15 is 0 Å². The molecule has 1 unspecified atom stereocenters. The fourth-order valence-corrected chi connectivity index (χ4v) is 1.15. The summed E-state index contributed by atoms with van der Waals surface area (Å²) in [5, 5.41) is 0. The summed E-state index contributed by atoms with van der Waals surface area (Å²) in [4.78, 5) is 22.0. The normalized spacial score (nSPS) is 13.7. The zero-order valence-corrected chi connectivity index (χ0v) is 10.2. The van der Waals surface area contributed by atoms with Crippen LogP contribution in [0.5, 0.6) is 0 Å². The summed E-state index contributed by atoms with van der Waals surface area (Å²) >= 11 is 0. The first-order valence-corrected chi connectivity index (χ1v) is 5.17. The van der Waals surface area contributed by atoms with Gasteiger partial charge >= 0.3 is 11.9 Å². The van der Waals surface area contributed by atoms with Crippen LogP contribution in [-0.2, 0) is 19.1 Å². The largest absolute Gasteiger partial charge is 0.465 e. The predicted octanol–water partition coefficient (Wildman–Crippen LogP) is 0.355. The molecule has 0 aromatic carbocycles. The molecule has 0 heterocycles. The Morgan fingerprint density at radius 1 is 1.44 bits per heavy atom. The number of methoxy groups -OCH3 is 1. The van der Waals surface area contributed by atoms with Crippen LogP contribution >= 0.6 is 0 Å². The van der Waals surface area contributed by atoms with Crippen molar-refractivity contribution in [2.24, 2.45) is 0 Å². The molecule has 0 aliphatic carbocycles. The van der Waals surface area contributed by atoms with Crippen LogP contribution in [-0.4, -0.2) is 56.8 Å². The van der Waals surface area contributed by atoms with Crippen molar-refractivity contribution >= 4 is 11.9 Å². The molecule has 0 bridgehead atoms. The molecule has 0 saturated carbocycles. The second kappa shape index (κ2) is 7.00. The standard InChI is InChI=1S/C11H20NO4/c1-5-10(13)16-8-7-12(3,6-2)9-11(14)15-4/h5H,1,6-9H2,2-4H3/q+1. The minimum absolute atomic E-state index is 0.264. The van der Waals surface area contributed by atoms with E-state index in [2.05, 4.69) is 11.3 Å². The van der Waals surface area contributed by atoms with Crippen molar-refractivity contribution < 1.29 is 23.5 Å². The molecule has 0 aromatic rings. The van der Waals surface area contributed by atoms with E-state index in [4.69, 9.17) is 4.74 Å². The maximum absolute atomic E-state index is 11.2. The Morgan fingerprint density at radius 3 is 2.50 bits per heavy atom. The Balaban J connectivity index is 4.10. The number of ether oxygens (including phenoxy) is 2. The lowest BCUT2D eigenvalue weighted by Crippen LogP contribution is -2.49. The molecule has 0 aliphatic rings. The third-order valence-electron chi connectivity index (χ3n) is 2.54. The van der Waals surface area contributed by atoms with E-state index in [9.17, 15) is 9.59 Å². The Kier molecular flexibility index (Phi) is 6.41. The fraction of sp³-hybridized carbons (Fsp3) is 0.636. The van der Waals surface area contributed by atoms with Crippen LogP contribution in [0.3, 0.4) is 0 Å². The number of carbonyl (C=O) groups is 2. The van der Waals surface area contributed by atoms with Crippen LogP contribution in [0.15, 0.2) is 12.7 Å². The average molecular weight is 230 g/mol. The second-order valence-corrected chi connectivity index (χ2v) is 3.77. The van der Waals surface area contributed by atoms with E-state index in [-0.39, 0.29) is 19.1 Å². The molecular formula is C11H20NO4+. The fourth-order valence-electron chi connectivity index (χ4n) is 1.15. The number of likely N-dealkylation sites (N-methyl/N-ethyl adjacent to an activating group) is 1. The van der Waals surface area contributed by atoms with Crippen molar-refractivity contribution in [1.82, 2.24) is 0 Å². The molecule has 0 radical (unpaired) electrons. The van der Waals surface area contributed by atoms with Crippen LogP contribution in [0.1, 0.15) is 6.92 Å². The molecule has 92 valence electrons. The lowest BCUT2D eigenvalue weighted by atomic mass is 10.4. The van der Waals surface area contributed by atoms with Gasteiger partial charge in [-0.3, -0.25) is 0 Å². The summed E-state index contributed by atoms with van der Waals surface area (Å²) in [6.45, 7) is 7.16. The molecule has 1 atom stereocenters. The Morgan fingerprint density at radius 2 is 2.06 bits per heavy atom. The van der Waals surface area contributed by atoms with Gasteiger partial charge in [0.05, 0.1) is 20.7 Å².